The van der Waals surface area contributed by atoms with Crippen molar-refractivity contribution in [1.82, 2.24) is 9.97 Å². The number of carbonyl (C=O) groups excluding carboxylic acids is 1. The van der Waals surface area contributed by atoms with Crippen LogP contribution >= 0.6 is 11.3 Å². The molecular weight excluding hydrogens is 422 g/mol. The third kappa shape index (κ3) is 5.06. The van der Waals surface area contributed by atoms with Gasteiger partial charge in [0, 0.05) is 6.20 Å². The molecule has 4 aromatic rings. The summed E-state index contributed by atoms with van der Waals surface area (Å²) in [5.41, 5.74) is 2.90. The maximum absolute atomic E-state index is 13.2. The third-order valence-electron chi connectivity index (χ3n) is 4.95. The molecule has 2 aromatic heterocycles. The van der Waals surface area contributed by atoms with Crippen molar-refractivity contribution in [1.29, 1.82) is 0 Å². The number of ether oxygens (including phenoxy) is 2. The van der Waals surface area contributed by atoms with Crippen molar-refractivity contribution in [2.75, 3.05) is 18.1 Å². The summed E-state index contributed by atoms with van der Waals surface area (Å²) in [4.78, 5) is 24.1. The van der Waals surface area contributed by atoms with E-state index in [0.29, 0.717) is 24.0 Å². The van der Waals surface area contributed by atoms with Crippen LogP contribution in [0.15, 0.2) is 66.9 Å². The number of amides is 1. The van der Waals surface area contributed by atoms with Gasteiger partial charge in [-0.3, -0.25) is 14.7 Å². The lowest BCUT2D eigenvalue weighted by Crippen LogP contribution is -2.34. The number of pyridine rings is 1. The Morgan fingerprint density at radius 2 is 1.75 bits per heavy atom. The Morgan fingerprint density at radius 1 is 0.969 bits per heavy atom. The quantitative estimate of drug-likeness (QED) is 0.350. The Labute approximate surface area is 191 Å². The fourth-order valence-corrected chi connectivity index (χ4v) is 4.36. The molecule has 6 nitrogen and oxygen atoms in total. The lowest BCUT2D eigenvalue weighted by atomic mass is 10.1. The topological polar surface area (TPSA) is 64.6 Å². The molecule has 0 saturated carbocycles. The summed E-state index contributed by atoms with van der Waals surface area (Å²) in [7, 11) is 0. The Balaban J connectivity index is 1.57. The zero-order valence-electron chi connectivity index (χ0n) is 18.2. The number of nitrogens with zero attached hydrogens (tertiary/aromatic N) is 3. The molecule has 1 amide bonds. The highest BCUT2D eigenvalue weighted by atomic mass is 32.1. The van der Waals surface area contributed by atoms with E-state index in [0.717, 1.165) is 28.1 Å². The molecule has 0 atom stereocenters. The molecule has 0 fully saturated rings. The minimum absolute atomic E-state index is 0.0998. The fourth-order valence-electron chi connectivity index (χ4n) is 3.33. The van der Waals surface area contributed by atoms with E-state index in [4.69, 9.17) is 14.5 Å². The monoisotopic (exact) mass is 447 g/mol. The molecule has 0 saturated heterocycles. The van der Waals surface area contributed by atoms with Crippen LogP contribution < -0.4 is 14.4 Å². The zero-order chi connectivity index (χ0) is 22.3. The van der Waals surface area contributed by atoms with Gasteiger partial charge in [0.15, 0.2) is 11.7 Å². The van der Waals surface area contributed by atoms with Crippen molar-refractivity contribution in [3.63, 3.8) is 0 Å². The second-order valence-electron chi connectivity index (χ2n) is 7.11. The summed E-state index contributed by atoms with van der Waals surface area (Å²) in [5, 5.41) is 0.645. The maximum atomic E-state index is 13.2. The molecule has 32 heavy (non-hydrogen) atoms. The second-order valence-corrected chi connectivity index (χ2v) is 8.12. The molecule has 2 heterocycles. The van der Waals surface area contributed by atoms with E-state index in [-0.39, 0.29) is 12.5 Å². The predicted octanol–water partition coefficient (Wildman–Crippen LogP) is 5.26. The first kappa shape index (κ1) is 21.8. The minimum Gasteiger partial charge on any atom is -0.494 e. The molecule has 0 aliphatic carbocycles. The van der Waals surface area contributed by atoms with Crippen LogP contribution in [-0.4, -0.2) is 29.1 Å². The molecule has 0 spiro atoms. The van der Waals surface area contributed by atoms with Crippen molar-refractivity contribution in [2.24, 2.45) is 0 Å². The van der Waals surface area contributed by atoms with E-state index in [9.17, 15) is 4.79 Å². The van der Waals surface area contributed by atoms with Crippen LogP contribution in [0.3, 0.4) is 0 Å². The van der Waals surface area contributed by atoms with E-state index >= 15 is 0 Å². The highest BCUT2D eigenvalue weighted by Gasteiger charge is 2.22. The Bertz CT molecular complexity index is 1180. The smallest absolute Gasteiger partial charge is 0.267 e. The Morgan fingerprint density at radius 3 is 2.44 bits per heavy atom. The summed E-state index contributed by atoms with van der Waals surface area (Å²) >= 11 is 1.51. The normalized spacial score (nSPS) is 10.8. The number of anilines is 1. The van der Waals surface area contributed by atoms with Crippen molar-refractivity contribution in [3.8, 4) is 11.5 Å². The van der Waals surface area contributed by atoms with Gasteiger partial charge >= 0.3 is 0 Å². The van der Waals surface area contributed by atoms with Gasteiger partial charge in [-0.15, -0.1) is 0 Å². The number of aryl methyl sites for hydroxylation is 1. The predicted molar refractivity (Wildman–Crippen MR) is 128 cm³/mol. The van der Waals surface area contributed by atoms with E-state index in [1.165, 1.54) is 16.9 Å². The third-order valence-corrected chi connectivity index (χ3v) is 5.99. The van der Waals surface area contributed by atoms with Crippen molar-refractivity contribution in [2.45, 2.75) is 26.8 Å². The lowest BCUT2D eigenvalue weighted by molar-refractivity contribution is -0.120. The molecule has 4 rings (SSSR count). The number of hydrogen-bond acceptors (Lipinski definition) is 6. The average Bonchev–Trinajstić information content (AvgIpc) is 3.27. The summed E-state index contributed by atoms with van der Waals surface area (Å²) in [6, 6.07) is 19.1. The van der Waals surface area contributed by atoms with Gasteiger partial charge in [0.05, 0.1) is 29.1 Å². The molecule has 0 aliphatic heterocycles. The molecule has 0 N–H and O–H groups in total. The first-order chi connectivity index (χ1) is 15.7. The van der Waals surface area contributed by atoms with Gasteiger partial charge in [0.1, 0.15) is 11.5 Å². The van der Waals surface area contributed by atoms with E-state index in [2.05, 4.69) is 18.0 Å². The highest BCUT2D eigenvalue weighted by Crippen LogP contribution is 2.32. The van der Waals surface area contributed by atoms with Crippen molar-refractivity contribution in [3.05, 3.63) is 78.1 Å². The molecule has 2 aromatic carbocycles. The van der Waals surface area contributed by atoms with Crippen LogP contribution in [0.5, 0.6) is 11.5 Å². The van der Waals surface area contributed by atoms with Gasteiger partial charge in [-0.2, -0.15) is 0 Å². The second kappa shape index (κ2) is 10.2. The SMILES string of the molecule is CCOc1ccc(OCC(=O)N(Cc2ccccn2)c2nc3c(CC)cccc3s2)cc1. The molecule has 0 radical (unpaired) electrons. The van der Waals surface area contributed by atoms with Gasteiger partial charge in [0.2, 0.25) is 0 Å². The van der Waals surface area contributed by atoms with Crippen LogP contribution in [0.1, 0.15) is 25.1 Å². The molecule has 0 unspecified atom stereocenters. The Kier molecular flexibility index (Phi) is 6.97. The van der Waals surface area contributed by atoms with Gasteiger partial charge < -0.3 is 9.47 Å². The van der Waals surface area contributed by atoms with Crippen LogP contribution in [-0.2, 0) is 17.8 Å². The number of fused-ring (bicyclic) bond motifs is 1. The number of rotatable bonds is 9. The number of para-hydroxylation sites is 1. The standard InChI is InChI=1S/C25H25N3O3S/c1-3-18-8-7-10-22-24(18)27-25(32-22)28(16-19-9-5-6-15-26-19)23(29)17-31-21-13-11-20(12-14-21)30-4-2/h5-15H,3-4,16-17H2,1-2H3. The molecule has 0 bridgehead atoms. The molecule has 0 aliphatic rings. The first-order valence-corrected chi connectivity index (χ1v) is 11.4. The zero-order valence-corrected chi connectivity index (χ0v) is 19.0. The largest absolute Gasteiger partial charge is 0.494 e. The van der Waals surface area contributed by atoms with Crippen molar-refractivity contribution < 1.29 is 14.3 Å². The van der Waals surface area contributed by atoms with Crippen LogP contribution in [0.2, 0.25) is 0 Å². The van der Waals surface area contributed by atoms with Crippen molar-refractivity contribution >= 4 is 32.6 Å². The van der Waals surface area contributed by atoms with E-state index in [1.54, 1.807) is 23.2 Å². The van der Waals surface area contributed by atoms with Crippen LogP contribution in [0, 0.1) is 0 Å². The summed E-state index contributed by atoms with van der Waals surface area (Å²) in [6.07, 6.45) is 2.61. The molecule has 164 valence electrons. The van der Waals surface area contributed by atoms with Gasteiger partial charge in [-0.05, 0) is 61.4 Å². The van der Waals surface area contributed by atoms with E-state index in [1.807, 2.05) is 49.4 Å². The first-order valence-electron chi connectivity index (χ1n) is 10.6. The summed E-state index contributed by atoms with van der Waals surface area (Å²) < 4.78 is 12.3. The molecular formula is C25H25N3O3S. The average molecular weight is 448 g/mol. The number of hydrogen-bond donors (Lipinski definition) is 0. The minimum atomic E-state index is -0.179. The van der Waals surface area contributed by atoms with Crippen LogP contribution in [0.25, 0.3) is 10.2 Å². The molecule has 7 heteroatoms. The number of thiazole rings is 1. The number of carbonyl (C=O) groups is 1. The summed E-state index contributed by atoms with van der Waals surface area (Å²) in [6.45, 7) is 4.87. The van der Waals surface area contributed by atoms with Gasteiger partial charge in [-0.1, -0.05) is 36.5 Å². The highest BCUT2D eigenvalue weighted by molar-refractivity contribution is 7.22. The van der Waals surface area contributed by atoms with Gasteiger partial charge in [0.25, 0.3) is 5.91 Å². The number of benzene rings is 2. The Hall–Kier alpha value is -3.45. The fraction of sp³-hybridized carbons (Fsp3) is 0.240. The van der Waals surface area contributed by atoms with Crippen LogP contribution in [0.4, 0.5) is 5.13 Å². The lowest BCUT2D eigenvalue weighted by Gasteiger charge is -2.19. The summed E-state index contributed by atoms with van der Waals surface area (Å²) in [5.74, 6) is 1.20. The maximum Gasteiger partial charge on any atom is 0.267 e. The number of aromatic nitrogens is 2. The van der Waals surface area contributed by atoms with E-state index < -0.39 is 0 Å². The van der Waals surface area contributed by atoms with Gasteiger partial charge in [-0.25, -0.2) is 4.98 Å².